The van der Waals surface area contributed by atoms with Crippen molar-refractivity contribution in [2.45, 2.75) is 18.9 Å². The predicted molar refractivity (Wildman–Crippen MR) is 71.7 cm³/mol. The number of hydrogen-bond acceptors (Lipinski definition) is 4. The van der Waals surface area contributed by atoms with Crippen LogP contribution in [0.3, 0.4) is 0 Å². The Balaban J connectivity index is 2.00. The van der Waals surface area contributed by atoms with Gasteiger partial charge in [-0.3, -0.25) is 4.40 Å². The number of halogens is 1. The number of nitrogens with one attached hydrogen (secondary N) is 1. The molecule has 3 rings (SSSR count). The Hall–Kier alpha value is -0.980. The number of likely N-dealkylation sites (N-methyl/N-ethyl adjacent to an activating group) is 1. The summed E-state index contributed by atoms with van der Waals surface area (Å²) >= 11 is 3.48. The van der Waals surface area contributed by atoms with Crippen molar-refractivity contribution in [2.24, 2.45) is 0 Å². The molecule has 0 bridgehead atoms. The van der Waals surface area contributed by atoms with E-state index >= 15 is 0 Å². The molecule has 1 saturated heterocycles. The van der Waals surface area contributed by atoms with Gasteiger partial charge in [0.15, 0.2) is 5.65 Å². The van der Waals surface area contributed by atoms with Gasteiger partial charge >= 0.3 is 0 Å². The van der Waals surface area contributed by atoms with Crippen molar-refractivity contribution >= 4 is 21.6 Å². The second-order valence-corrected chi connectivity index (χ2v) is 5.36. The van der Waals surface area contributed by atoms with Crippen LogP contribution < -0.4 is 5.32 Å². The molecule has 0 saturated carbocycles. The van der Waals surface area contributed by atoms with Crippen LogP contribution in [0.2, 0.25) is 0 Å². The third-order valence-corrected chi connectivity index (χ3v) is 3.74. The van der Waals surface area contributed by atoms with Crippen molar-refractivity contribution in [3.8, 4) is 0 Å². The summed E-state index contributed by atoms with van der Waals surface area (Å²) in [5.41, 5.74) is 0.871. The zero-order valence-corrected chi connectivity index (χ0v) is 11.7. The fraction of sp³-hybridized carbons (Fsp3) is 0.500. The van der Waals surface area contributed by atoms with Gasteiger partial charge in [-0.1, -0.05) is 6.92 Å². The average molecular weight is 311 g/mol. The van der Waals surface area contributed by atoms with Gasteiger partial charge in [0.2, 0.25) is 0 Å². The van der Waals surface area contributed by atoms with E-state index in [0.29, 0.717) is 12.6 Å². The van der Waals surface area contributed by atoms with Crippen LogP contribution in [0.4, 0.5) is 0 Å². The Bertz CT molecular complexity index is 556. The van der Waals surface area contributed by atoms with Crippen molar-refractivity contribution in [3.05, 3.63) is 28.6 Å². The molecule has 0 radical (unpaired) electrons. The molecule has 1 fully saturated rings. The molecule has 2 aromatic heterocycles. The number of ether oxygens (including phenoxy) is 1. The van der Waals surface area contributed by atoms with Gasteiger partial charge in [-0.2, -0.15) is 0 Å². The summed E-state index contributed by atoms with van der Waals surface area (Å²) in [5.74, 6) is 1.23. The number of nitrogens with zero attached hydrogens (tertiary/aromatic N) is 3. The molecule has 6 heteroatoms. The average Bonchev–Trinajstić information content (AvgIpc) is 2.95. The predicted octanol–water partition coefficient (Wildman–Crippen LogP) is 1.58. The lowest BCUT2D eigenvalue weighted by molar-refractivity contribution is 0.187. The zero-order valence-electron chi connectivity index (χ0n) is 10.1. The number of fused-ring (bicyclic) bond motifs is 1. The smallest absolute Gasteiger partial charge is 0.160 e. The molecule has 96 valence electrons. The molecule has 0 aromatic carbocycles. The van der Waals surface area contributed by atoms with Crippen LogP contribution in [0.5, 0.6) is 0 Å². The zero-order chi connectivity index (χ0) is 12.5. The molecule has 0 aliphatic carbocycles. The van der Waals surface area contributed by atoms with E-state index in [1.165, 1.54) is 0 Å². The molecule has 1 N–H and O–H groups in total. The van der Waals surface area contributed by atoms with Gasteiger partial charge in [-0.05, 0) is 34.6 Å². The highest BCUT2D eigenvalue weighted by molar-refractivity contribution is 9.10. The molecule has 2 unspecified atom stereocenters. The quantitative estimate of drug-likeness (QED) is 0.935. The third kappa shape index (κ3) is 2.04. The van der Waals surface area contributed by atoms with E-state index in [1.54, 1.807) is 0 Å². The summed E-state index contributed by atoms with van der Waals surface area (Å²) in [5, 5.41) is 12.0. The van der Waals surface area contributed by atoms with Gasteiger partial charge in [0.25, 0.3) is 0 Å². The van der Waals surface area contributed by atoms with E-state index in [-0.39, 0.29) is 5.92 Å². The summed E-state index contributed by atoms with van der Waals surface area (Å²) in [6.07, 6.45) is 2.01. The maximum absolute atomic E-state index is 5.57. The number of rotatable bonds is 3. The van der Waals surface area contributed by atoms with Crippen LogP contribution in [0.15, 0.2) is 22.8 Å². The first-order valence-electron chi connectivity index (χ1n) is 6.11. The first-order valence-corrected chi connectivity index (χ1v) is 6.90. The van der Waals surface area contributed by atoms with Gasteiger partial charge < -0.3 is 10.1 Å². The summed E-state index contributed by atoms with van der Waals surface area (Å²) in [6.45, 7) is 4.48. The van der Waals surface area contributed by atoms with Crippen molar-refractivity contribution in [1.82, 2.24) is 19.9 Å². The molecule has 1 aliphatic rings. The molecule has 5 nitrogen and oxygen atoms in total. The lowest BCUT2D eigenvalue weighted by Gasteiger charge is -2.16. The van der Waals surface area contributed by atoms with Crippen LogP contribution >= 0.6 is 15.9 Å². The van der Waals surface area contributed by atoms with Crippen molar-refractivity contribution < 1.29 is 4.74 Å². The standard InChI is InChI=1S/C12H15BrN4O/c1-2-14-10-7-18-6-9(10)12-16-15-11-4-3-8(13)5-17(11)12/h3-5,9-10,14H,2,6-7H2,1H3. The first-order chi connectivity index (χ1) is 8.79. The minimum absolute atomic E-state index is 0.259. The van der Waals surface area contributed by atoms with Gasteiger partial charge in [-0.25, -0.2) is 0 Å². The van der Waals surface area contributed by atoms with Crippen LogP contribution in [0, 0.1) is 0 Å². The highest BCUT2D eigenvalue weighted by atomic mass is 79.9. The highest BCUT2D eigenvalue weighted by Gasteiger charge is 2.32. The van der Waals surface area contributed by atoms with E-state index in [4.69, 9.17) is 4.74 Å². The van der Waals surface area contributed by atoms with Gasteiger partial charge in [0.1, 0.15) is 5.82 Å². The van der Waals surface area contributed by atoms with Crippen LogP contribution in [0.1, 0.15) is 18.7 Å². The van der Waals surface area contributed by atoms with Crippen molar-refractivity contribution in [1.29, 1.82) is 0 Å². The summed E-state index contributed by atoms with van der Waals surface area (Å²) < 4.78 is 8.63. The molecule has 18 heavy (non-hydrogen) atoms. The minimum atomic E-state index is 0.259. The summed E-state index contributed by atoms with van der Waals surface area (Å²) in [7, 11) is 0. The van der Waals surface area contributed by atoms with E-state index in [1.807, 2.05) is 22.7 Å². The molecule has 2 atom stereocenters. The fourth-order valence-electron chi connectivity index (χ4n) is 2.41. The van der Waals surface area contributed by atoms with Gasteiger partial charge in [0.05, 0.1) is 19.1 Å². The Kier molecular flexibility index (Phi) is 3.32. The molecular formula is C12H15BrN4O. The van der Waals surface area contributed by atoms with Gasteiger partial charge in [-0.15, -0.1) is 10.2 Å². The Morgan fingerprint density at radius 2 is 2.33 bits per heavy atom. The largest absolute Gasteiger partial charge is 0.379 e. The number of aromatic nitrogens is 3. The second-order valence-electron chi connectivity index (χ2n) is 4.44. The van der Waals surface area contributed by atoms with Gasteiger partial charge in [0, 0.05) is 16.7 Å². The van der Waals surface area contributed by atoms with Crippen LogP contribution in [-0.2, 0) is 4.74 Å². The van der Waals surface area contributed by atoms with Crippen LogP contribution in [0.25, 0.3) is 5.65 Å². The monoisotopic (exact) mass is 310 g/mol. The summed E-state index contributed by atoms with van der Waals surface area (Å²) in [6, 6.07) is 4.25. The molecule has 0 amide bonds. The van der Waals surface area contributed by atoms with Crippen LogP contribution in [-0.4, -0.2) is 40.4 Å². The lowest BCUT2D eigenvalue weighted by Crippen LogP contribution is -2.34. The minimum Gasteiger partial charge on any atom is -0.379 e. The maximum Gasteiger partial charge on any atom is 0.160 e. The maximum atomic E-state index is 5.57. The molecular weight excluding hydrogens is 296 g/mol. The second kappa shape index (κ2) is 4.95. The SMILES string of the molecule is CCNC1COCC1c1nnc2ccc(Br)cn12. The van der Waals surface area contributed by atoms with E-state index in [9.17, 15) is 0 Å². The lowest BCUT2D eigenvalue weighted by atomic mass is 10.0. The van der Waals surface area contributed by atoms with Crippen molar-refractivity contribution in [3.63, 3.8) is 0 Å². The molecule has 1 aliphatic heterocycles. The number of hydrogen-bond donors (Lipinski definition) is 1. The Morgan fingerprint density at radius 3 is 3.17 bits per heavy atom. The molecule has 2 aromatic rings. The van der Waals surface area contributed by atoms with E-state index in [0.717, 1.165) is 29.1 Å². The third-order valence-electron chi connectivity index (χ3n) is 3.27. The topological polar surface area (TPSA) is 51.5 Å². The first kappa shape index (κ1) is 12.1. The Morgan fingerprint density at radius 1 is 1.44 bits per heavy atom. The normalized spacial score (nSPS) is 23.9. The van der Waals surface area contributed by atoms with E-state index in [2.05, 4.69) is 38.4 Å². The highest BCUT2D eigenvalue weighted by Crippen LogP contribution is 2.25. The number of pyridine rings is 1. The Labute approximate surface area is 114 Å². The molecule has 3 heterocycles. The van der Waals surface area contributed by atoms with Crippen molar-refractivity contribution in [2.75, 3.05) is 19.8 Å². The van der Waals surface area contributed by atoms with E-state index < -0.39 is 0 Å². The molecule has 0 spiro atoms. The summed E-state index contributed by atoms with van der Waals surface area (Å²) in [4.78, 5) is 0. The fourth-order valence-corrected chi connectivity index (χ4v) is 2.74.